The Labute approximate surface area is 195 Å². The van der Waals surface area contributed by atoms with Gasteiger partial charge >= 0.3 is 0 Å². The smallest absolute Gasteiger partial charge is 0.255 e. The summed E-state index contributed by atoms with van der Waals surface area (Å²) in [6.07, 6.45) is 7.44. The summed E-state index contributed by atoms with van der Waals surface area (Å²) >= 11 is 0. The highest BCUT2D eigenvalue weighted by atomic mass is 16.3. The molecule has 170 valence electrons. The van der Waals surface area contributed by atoms with Gasteiger partial charge in [0.2, 0.25) is 0 Å². The molecule has 1 aliphatic carbocycles. The van der Waals surface area contributed by atoms with Gasteiger partial charge in [-0.1, -0.05) is 43.2 Å². The monoisotopic (exact) mass is 453 g/mol. The number of carbonyl (C=O) groups excluding carboxylic acids is 1. The van der Waals surface area contributed by atoms with Gasteiger partial charge in [0, 0.05) is 12.1 Å². The summed E-state index contributed by atoms with van der Waals surface area (Å²) in [6.45, 7) is 0.381. The van der Waals surface area contributed by atoms with Crippen LogP contribution in [0.5, 0.6) is 0 Å². The van der Waals surface area contributed by atoms with Gasteiger partial charge in [0.25, 0.3) is 5.91 Å². The average molecular weight is 454 g/mol. The second-order valence-corrected chi connectivity index (χ2v) is 8.57. The quantitative estimate of drug-likeness (QED) is 0.407. The van der Waals surface area contributed by atoms with Crippen molar-refractivity contribution in [2.24, 2.45) is 0 Å². The predicted octanol–water partition coefficient (Wildman–Crippen LogP) is 4.26. The highest BCUT2D eigenvalue weighted by Gasteiger charge is 2.24. The molecule has 3 aromatic heterocycles. The SMILES string of the molecule is Nc1ncnc2c1c(-c1ccc(CNC(=O)c3cccc4ncoc34)cc1)nn2C1CCCC1. The van der Waals surface area contributed by atoms with E-state index in [2.05, 4.69) is 20.3 Å². The third-order valence-corrected chi connectivity index (χ3v) is 6.47. The second kappa shape index (κ2) is 8.26. The Balaban J connectivity index is 1.25. The number of para-hydroxylation sites is 1. The van der Waals surface area contributed by atoms with Crippen molar-refractivity contribution in [3.8, 4) is 11.3 Å². The molecule has 3 heterocycles. The third kappa shape index (κ3) is 3.45. The number of nitrogens with two attached hydrogens (primary N) is 1. The molecule has 0 radical (unpaired) electrons. The van der Waals surface area contributed by atoms with E-state index in [4.69, 9.17) is 15.2 Å². The van der Waals surface area contributed by atoms with Crippen molar-refractivity contribution in [3.63, 3.8) is 0 Å². The molecule has 1 fully saturated rings. The van der Waals surface area contributed by atoms with Gasteiger partial charge in [0.15, 0.2) is 17.6 Å². The van der Waals surface area contributed by atoms with Gasteiger partial charge in [-0.2, -0.15) is 5.10 Å². The molecule has 0 atom stereocenters. The molecular weight excluding hydrogens is 430 g/mol. The van der Waals surface area contributed by atoms with Gasteiger partial charge < -0.3 is 15.5 Å². The number of nitrogen functional groups attached to an aromatic ring is 1. The number of benzene rings is 2. The molecular formula is C25H23N7O2. The Hall–Kier alpha value is -4.27. The van der Waals surface area contributed by atoms with Crippen LogP contribution in [0.25, 0.3) is 33.4 Å². The highest BCUT2D eigenvalue weighted by molar-refractivity contribution is 6.04. The second-order valence-electron chi connectivity index (χ2n) is 8.57. The van der Waals surface area contributed by atoms with E-state index in [1.54, 1.807) is 12.1 Å². The summed E-state index contributed by atoms with van der Waals surface area (Å²) in [5.74, 6) is 0.222. The molecule has 0 bridgehead atoms. The number of anilines is 1. The Morgan fingerprint density at radius 2 is 1.91 bits per heavy atom. The summed E-state index contributed by atoms with van der Waals surface area (Å²) in [5, 5.41) is 8.66. The Morgan fingerprint density at radius 1 is 1.09 bits per heavy atom. The topological polar surface area (TPSA) is 125 Å². The van der Waals surface area contributed by atoms with Gasteiger partial charge in [0.05, 0.1) is 17.0 Å². The number of hydrogen-bond donors (Lipinski definition) is 2. The van der Waals surface area contributed by atoms with Gasteiger partial charge in [-0.05, 0) is 30.5 Å². The molecule has 34 heavy (non-hydrogen) atoms. The standard InChI is InChI=1S/C25H23N7O2/c26-23-20-21(31-32(17-4-1-2-5-17)24(20)29-13-28-23)16-10-8-15(9-11-16)12-27-25(33)18-6-3-7-19-22(18)34-14-30-19/h3,6-11,13-14,17H,1-2,4-5,12H2,(H,27,33)(H2,26,28,29). The van der Waals surface area contributed by atoms with Crippen LogP contribution in [-0.4, -0.2) is 30.6 Å². The summed E-state index contributed by atoms with van der Waals surface area (Å²) in [6, 6.07) is 13.6. The molecule has 0 unspecified atom stereocenters. The number of nitrogens with zero attached hydrogens (tertiary/aromatic N) is 5. The van der Waals surface area contributed by atoms with Crippen molar-refractivity contribution in [1.29, 1.82) is 0 Å². The van der Waals surface area contributed by atoms with E-state index >= 15 is 0 Å². The third-order valence-electron chi connectivity index (χ3n) is 6.47. The average Bonchev–Trinajstić information content (AvgIpc) is 3.62. The number of rotatable bonds is 5. The van der Waals surface area contributed by atoms with E-state index in [9.17, 15) is 4.79 Å². The lowest BCUT2D eigenvalue weighted by molar-refractivity contribution is 0.0951. The zero-order valence-electron chi connectivity index (χ0n) is 18.4. The Morgan fingerprint density at radius 3 is 2.74 bits per heavy atom. The van der Waals surface area contributed by atoms with Gasteiger partial charge in [0.1, 0.15) is 23.4 Å². The first-order valence-electron chi connectivity index (χ1n) is 11.4. The summed E-state index contributed by atoms with van der Waals surface area (Å²) in [5.41, 5.74) is 11.3. The fourth-order valence-electron chi connectivity index (χ4n) is 4.72. The Kier molecular flexibility index (Phi) is 4.94. The number of aromatic nitrogens is 5. The van der Waals surface area contributed by atoms with Crippen LogP contribution in [0.3, 0.4) is 0 Å². The predicted molar refractivity (Wildman–Crippen MR) is 128 cm³/mol. The molecule has 6 rings (SSSR count). The summed E-state index contributed by atoms with van der Waals surface area (Å²) < 4.78 is 7.39. The van der Waals surface area contributed by atoms with Crippen LogP contribution in [0.1, 0.15) is 47.6 Å². The molecule has 3 N–H and O–H groups in total. The zero-order chi connectivity index (χ0) is 23.1. The minimum atomic E-state index is -0.211. The molecule has 0 spiro atoms. The molecule has 2 aromatic carbocycles. The molecule has 9 nitrogen and oxygen atoms in total. The largest absolute Gasteiger partial charge is 0.443 e. The van der Waals surface area contributed by atoms with E-state index in [0.29, 0.717) is 35.1 Å². The van der Waals surface area contributed by atoms with Crippen LogP contribution < -0.4 is 11.1 Å². The van der Waals surface area contributed by atoms with E-state index in [1.807, 2.05) is 35.0 Å². The normalized spacial score (nSPS) is 14.2. The number of hydrogen-bond acceptors (Lipinski definition) is 7. The molecule has 9 heteroatoms. The number of carbonyl (C=O) groups is 1. The maximum absolute atomic E-state index is 12.7. The molecule has 5 aromatic rings. The lowest BCUT2D eigenvalue weighted by Crippen LogP contribution is -2.22. The van der Waals surface area contributed by atoms with Crippen molar-refractivity contribution in [1.82, 2.24) is 30.0 Å². The lowest BCUT2D eigenvalue weighted by Gasteiger charge is -2.10. The highest BCUT2D eigenvalue weighted by Crippen LogP contribution is 2.36. The van der Waals surface area contributed by atoms with Crippen LogP contribution >= 0.6 is 0 Å². The van der Waals surface area contributed by atoms with E-state index < -0.39 is 0 Å². The van der Waals surface area contributed by atoms with Gasteiger partial charge in [-0.3, -0.25) is 4.79 Å². The fraction of sp³-hybridized carbons (Fsp3) is 0.240. The van der Waals surface area contributed by atoms with Crippen LogP contribution in [0.2, 0.25) is 0 Å². The lowest BCUT2D eigenvalue weighted by atomic mass is 10.1. The molecule has 1 saturated carbocycles. The van der Waals surface area contributed by atoms with Crippen molar-refractivity contribution in [2.45, 2.75) is 38.3 Å². The minimum absolute atomic E-state index is 0.211. The fourth-order valence-corrected chi connectivity index (χ4v) is 4.72. The van der Waals surface area contributed by atoms with Crippen molar-refractivity contribution >= 4 is 33.9 Å². The maximum atomic E-state index is 12.7. The first kappa shape index (κ1) is 20.3. The van der Waals surface area contributed by atoms with E-state index in [-0.39, 0.29) is 5.91 Å². The first-order chi connectivity index (χ1) is 16.7. The minimum Gasteiger partial charge on any atom is -0.443 e. The molecule has 1 amide bonds. The van der Waals surface area contributed by atoms with Crippen molar-refractivity contribution < 1.29 is 9.21 Å². The number of nitrogens with one attached hydrogen (secondary N) is 1. The number of oxazole rings is 1. The van der Waals surface area contributed by atoms with Crippen LogP contribution in [-0.2, 0) is 6.54 Å². The number of fused-ring (bicyclic) bond motifs is 2. The summed E-state index contributed by atoms with van der Waals surface area (Å²) in [4.78, 5) is 25.5. The Bertz CT molecular complexity index is 1500. The van der Waals surface area contributed by atoms with E-state index in [0.717, 1.165) is 40.7 Å². The van der Waals surface area contributed by atoms with Gasteiger partial charge in [-0.15, -0.1) is 0 Å². The molecule has 1 aliphatic rings. The first-order valence-corrected chi connectivity index (χ1v) is 11.4. The van der Waals surface area contributed by atoms with Crippen LogP contribution in [0, 0.1) is 0 Å². The molecule has 0 aliphatic heterocycles. The van der Waals surface area contributed by atoms with E-state index in [1.165, 1.54) is 25.6 Å². The number of amides is 1. The maximum Gasteiger partial charge on any atom is 0.255 e. The van der Waals surface area contributed by atoms with Crippen LogP contribution in [0.4, 0.5) is 5.82 Å². The van der Waals surface area contributed by atoms with Crippen LogP contribution in [0.15, 0.2) is 59.6 Å². The summed E-state index contributed by atoms with van der Waals surface area (Å²) in [7, 11) is 0. The van der Waals surface area contributed by atoms with Crippen molar-refractivity contribution in [2.75, 3.05) is 5.73 Å². The van der Waals surface area contributed by atoms with Crippen molar-refractivity contribution in [3.05, 3.63) is 66.3 Å². The molecule has 0 saturated heterocycles. The van der Waals surface area contributed by atoms with Gasteiger partial charge in [-0.25, -0.2) is 19.6 Å². The zero-order valence-corrected chi connectivity index (χ0v) is 18.4.